The molecule has 1 aromatic carbocycles. The minimum Gasteiger partial charge on any atom is -0.293 e. The summed E-state index contributed by atoms with van der Waals surface area (Å²) in [5.74, 6) is -0.103. The fourth-order valence-corrected chi connectivity index (χ4v) is 2.30. The number of hydrogen-bond donors (Lipinski definition) is 0. The first kappa shape index (κ1) is 12.3. The fraction of sp³-hybridized carbons (Fsp3) is 0.222. The number of ketones is 1. The highest BCUT2D eigenvalue weighted by Gasteiger charge is 2.17. The molecule has 4 nitrogen and oxygen atoms in total. The predicted molar refractivity (Wildman–Crippen MR) is 63.7 cm³/mol. The third-order valence-corrected chi connectivity index (χ3v) is 3.02. The number of benzene rings is 1. The van der Waals surface area contributed by atoms with Crippen molar-refractivity contribution in [3.63, 3.8) is 0 Å². The minimum atomic E-state index is -0.486. The second-order valence-electron chi connectivity index (χ2n) is 2.93. The molecule has 6 heteroatoms. The van der Waals surface area contributed by atoms with Crippen molar-refractivity contribution in [2.24, 2.45) is 0 Å². The number of carbonyl (C=O) groups is 1. The van der Waals surface area contributed by atoms with Gasteiger partial charge in [0.25, 0.3) is 5.69 Å². The number of nitro groups is 1. The van der Waals surface area contributed by atoms with Crippen LogP contribution >= 0.6 is 31.9 Å². The Kier molecular flexibility index (Phi) is 3.98. The van der Waals surface area contributed by atoms with E-state index in [-0.39, 0.29) is 16.8 Å². The van der Waals surface area contributed by atoms with Crippen LogP contribution in [0.2, 0.25) is 0 Å². The predicted octanol–water partition coefficient (Wildman–Crippen LogP) is 3.24. The van der Waals surface area contributed by atoms with Crippen LogP contribution in [-0.2, 0) is 0 Å². The van der Waals surface area contributed by atoms with Crippen LogP contribution in [0, 0.1) is 17.0 Å². The summed E-state index contributed by atoms with van der Waals surface area (Å²) in [5.41, 5.74) is 1.06. The van der Waals surface area contributed by atoms with Crippen LogP contribution in [0.3, 0.4) is 0 Å². The molecule has 80 valence electrons. The summed E-state index contributed by atoms with van der Waals surface area (Å²) in [5, 5.41) is 10.7. The van der Waals surface area contributed by atoms with E-state index < -0.39 is 4.92 Å². The Bertz CT molecular complexity index is 408. The van der Waals surface area contributed by atoms with Crippen molar-refractivity contribution in [2.45, 2.75) is 6.92 Å². The lowest BCUT2D eigenvalue weighted by atomic mass is 10.1. The van der Waals surface area contributed by atoms with Crippen LogP contribution in [0.25, 0.3) is 0 Å². The number of nitro benzene ring substituents is 1. The molecule has 0 spiro atoms. The highest BCUT2D eigenvalue weighted by Crippen LogP contribution is 2.27. The van der Waals surface area contributed by atoms with Gasteiger partial charge in [0, 0.05) is 22.2 Å². The summed E-state index contributed by atoms with van der Waals surface area (Å²) < 4.78 is 0.457. The fourth-order valence-electron chi connectivity index (χ4n) is 1.25. The zero-order valence-electron chi connectivity index (χ0n) is 7.79. The van der Waals surface area contributed by atoms with Gasteiger partial charge in [-0.25, -0.2) is 0 Å². The van der Waals surface area contributed by atoms with E-state index in [0.717, 1.165) is 0 Å². The Hall–Kier alpha value is -0.750. The van der Waals surface area contributed by atoms with Gasteiger partial charge >= 0.3 is 0 Å². The summed E-state index contributed by atoms with van der Waals surface area (Å²) in [4.78, 5) is 21.6. The third-order valence-electron chi connectivity index (χ3n) is 1.88. The van der Waals surface area contributed by atoms with Gasteiger partial charge in [0.2, 0.25) is 0 Å². The van der Waals surface area contributed by atoms with Gasteiger partial charge in [0.05, 0.1) is 10.3 Å². The van der Waals surface area contributed by atoms with Crippen molar-refractivity contribution in [1.29, 1.82) is 0 Å². The Morgan fingerprint density at radius 2 is 2.13 bits per heavy atom. The quantitative estimate of drug-likeness (QED) is 0.368. The van der Waals surface area contributed by atoms with Crippen LogP contribution in [0.5, 0.6) is 0 Å². The number of halogens is 2. The van der Waals surface area contributed by atoms with Crippen molar-refractivity contribution >= 4 is 43.3 Å². The first-order chi connectivity index (χ1) is 6.97. The van der Waals surface area contributed by atoms with Gasteiger partial charge < -0.3 is 0 Å². The normalized spacial score (nSPS) is 10.1. The second kappa shape index (κ2) is 4.85. The van der Waals surface area contributed by atoms with Crippen LogP contribution < -0.4 is 0 Å². The van der Waals surface area contributed by atoms with Crippen molar-refractivity contribution in [2.75, 3.05) is 5.33 Å². The molecule has 0 aliphatic rings. The van der Waals surface area contributed by atoms with E-state index in [9.17, 15) is 14.9 Å². The van der Waals surface area contributed by atoms with Gasteiger partial charge in [-0.3, -0.25) is 14.9 Å². The highest BCUT2D eigenvalue weighted by molar-refractivity contribution is 9.10. The molecule has 0 aliphatic carbocycles. The number of non-ortho nitro benzene ring substituents is 1. The molecule has 15 heavy (non-hydrogen) atoms. The molecule has 0 heterocycles. The van der Waals surface area contributed by atoms with E-state index in [1.807, 2.05) is 0 Å². The van der Waals surface area contributed by atoms with Gasteiger partial charge in [-0.15, -0.1) is 0 Å². The number of hydrogen-bond acceptors (Lipinski definition) is 3. The molecule has 0 saturated carbocycles. The number of carbonyl (C=O) groups excluding carboxylic acids is 1. The minimum absolute atomic E-state index is 0.0227. The lowest BCUT2D eigenvalue weighted by Crippen LogP contribution is -2.05. The summed E-state index contributed by atoms with van der Waals surface area (Å²) in [6, 6.07) is 2.73. The number of alkyl halides is 1. The first-order valence-electron chi connectivity index (χ1n) is 4.01. The molecular formula is C9H7Br2NO3. The summed E-state index contributed by atoms with van der Waals surface area (Å²) >= 11 is 6.22. The van der Waals surface area contributed by atoms with Crippen LogP contribution in [0.15, 0.2) is 16.6 Å². The lowest BCUT2D eigenvalue weighted by Gasteiger charge is -2.05. The zero-order chi connectivity index (χ0) is 11.6. The SMILES string of the molecule is Cc1cc([N+](=O)[O-])cc(Br)c1C(=O)CBr. The van der Waals surface area contributed by atoms with Gasteiger partial charge in [-0.2, -0.15) is 0 Å². The number of nitrogens with zero attached hydrogens (tertiary/aromatic N) is 1. The van der Waals surface area contributed by atoms with Gasteiger partial charge in [-0.05, 0) is 28.4 Å². The number of rotatable bonds is 3. The molecule has 0 radical (unpaired) electrons. The van der Waals surface area contributed by atoms with E-state index in [2.05, 4.69) is 31.9 Å². The van der Waals surface area contributed by atoms with E-state index >= 15 is 0 Å². The van der Waals surface area contributed by atoms with Gasteiger partial charge in [0.15, 0.2) is 5.78 Å². The summed E-state index contributed by atoms with van der Waals surface area (Å²) in [6.45, 7) is 1.67. The average molecular weight is 337 g/mol. The van der Waals surface area contributed by atoms with Crippen molar-refractivity contribution < 1.29 is 9.72 Å². The van der Waals surface area contributed by atoms with Crippen molar-refractivity contribution in [3.05, 3.63) is 37.8 Å². The molecule has 0 unspecified atom stereocenters. The Morgan fingerprint density at radius 1 is 1.53 bits per heavy atom. The van der Waals surface area contributed by atoms with Gasteiger partial charge in [0.1, 0.15) is 0 Å². The second-order valence-corrected chi connectivity index (χ2v) is 4.35. The van der Waals surface area contributed by atoms with E-state index in [0.29, 0.717) is 15.6 Å². The molecule has 0 N–H and O–H groups in total. The Balaban J connectivity index is 3.33. The lowest BCUT2D eigenvalue weighted by molar-refractivity contribution is -0.385. The van der Waals surface area contributed by atoms with E-state index in [4.69, 9.17) is 0 Å². The molecule has 0 amide bonds. The topological polar surface area (TPSA) is 60.2 Å². The zero-order valence-corrected chi connectivity index (χ0v) is 11.0. The smallest absolute Gasteiger partial charge is 0.270 e. The van der Waals surface area contributed by atoms with Crippen molar-refractivity contribution in [1.82, 2.24) is 0 Å². The molecule has 0 atom stereocenters. The summed E-state index contributed by atoms with van der Waals surface area (Å²) in [6.07, 6.45) is 0. The Labute approximate surface area is 103 Å². The number of aryl methyl sites for hydroxylation is 1. The maximum atomic E-state index is 11.5. The molecular weight excluding hydrogens is 330 g/mol. The van der Waals surface area contributed by atoms with Gasteiger partial charge in [-0.1, -0.05) is 15.9 Å². The molecule has 0 aromatic heterocycles. The monoisotopic (exact) mass is 335 g/mol. The standard InChI is InChI=1S/C9H7Br2NO3/c1-5-2-6(12(14)15)3-7(11)9(5)8(13)4-10/h2-3H,4H2,1H3. The molecule has 0 saturated heterocycles. The molecule has 1 rings (SSSR count). The van der Waals surface area contributed by atoms with Crippen LogP contribution in [0.4, 0.5) is 5.69 Å². The largest absolute Gasteiger partial charge is 0.293 e. The molecule has 0 aliphatic heterocycles. The number of Topliss-reactive ketones (excluding diaryl/α,β-unsaturated/α-hetero) is 1. The van der Waals surface area contributed by atoms with Crippen molar-refractivity contribution in [3.8, 4) is 0 Å². The summed E-state index contributed by atoms with van der Waals surface area (Å²) in [7, 11) is 0. The molecule has 0 fully saturated rings. The van der Waals surface area contributed by atoms with Crippen LogP contribution in [0.1, 0.15) is 15.9 Å². The van der Waals surface area contributed by atoms with E-state index in [1.54, 1.807) is 6.92 Å². The maximum Gasteiger partial charge on any atom is 0.270 e. The van der Waals surface area contributed by atoms with Crippen LogP contribution in [-0.4, -0.2) is 16.0 Å². The third kappa shape index (κ3) is 2.63. The highest BCUT2D eigenvalue weighted by atomic mass is 79.9. The molecule has 1 aromatic rings. The Morgan fingerprint density at radius 3 is 2.53 bits per heavy atom. The average Bonchev–Trinajstić information content (AvgIpc) is 2.16. The first-order valence-corrected chi connectivity index (χ1v) is 5.92. The maximum absolute atomic E-state index is 11.5. The molecule has 0 bridgehead atoms. The van der Waals surface area contributed by atoms with E-state index in [1.165, 1.54) is 12.1 Å².